The van der Waals surface area contributed by atoms with Gasteiger partial charge in [-0.25, -0.2) is 0 Å². The van der Waals surface area contributed by atoms with Crippen LogP contribution in [0.25, 0.3) is 22.3 Å². The number of hydrogen-bond acceptors (Lipinski definition) is 1. The van der Waals surface area contributed by atoms with Crippen molar-refractivity contribution in [2.45, 2.75) is 32.7 Å². The number of fused-ring (bicyclic) bond motifs is 1. The Morgan fingerprint density at radius 3 is 2.41 bits per heavy atom. The Labute approximate surface area is 164 Å². The van der Waals surface area contributed by atoms with Gasteiger partial charge >= 0.3 is 5.97 Å². The molecule has 0 saturated carbocycles. The molecule has 138 valence electrons. The molecule has 0 fully saturated rings. The summed E-state index contributed by atoms with van der Waals surface area (Å²) in [6, 6.07) is 18.1. The van der Waals surface area contributed by atoms with E-state index in [4.69, 9.17) is 11.6 Å². The van der Waals surface area contributed by atoms with Crippen molar-refractivity contribution in [2.75, 3.05) is 0 Å². The van der Waals surface area contributed by atoms with Gasteiger partial charge in [0.05, 0.1) is 6.42 Å². The maximum Gasteiger partial charge on any atom is 0.304 e. The predicted octanol–water partition coefficient (Wildman–Crippen LogP) is 6.07. The second-order valence-corrected chi connectivity index (χ2v) is 8.38. The second-order valence-electron chi connectivity index (χ2n) is 7.94. The zero-order valence-corrected chi connectivity index (χ0v) is 16.2. The average Bonchev–Trinajstić information content (AvgIpc) is 3.09. The Bertz CT molecular complexity index is 987. The van der Waals surface area contributed by atoms with Gasteiger partial charge in [0.1, 0.15) is 0 Å². The molecule has 0 aliphatic carbocycles. The van der Waals surface area contributed by atoms with Crippen molar-refractivity contribution in [3.63, 3.8) is 0 Å². The molecular formula is C23H22ClNO2. The van der Waals surface area contributed by atoms with Gasteiger partial charge in [0, 0.05) is 40.5 Å². The SMILES string of the molecule is CC1(C)Cn2cc(-c3ccc(Cl)cc3)c(-c3ccccc3)c2C1CC(=O)O. The van der Waals surface area contributed by atoms with Crippen molar-refractivity contribution in [2.24, 2.45) is 5.41 Å². The van der Waals surface area contributed by atoms with Gasteiger partial charge in [-0.3, -0.25) is 4.79 Å². The van der Waals surface area contributed by atoms with Crippen LogP contribution in [0.4, 0.5) is 0 Å². The molecule has 4 rings (SSSR count). The van der Waals surface area contributed by atoms with Gasteiger partial charge in [0.25, 0.3) is 0 Å². The summed E-state index contributed by atoms with van der Waals surface area (Å²) in [5.41, 5.74) is 5.49. The summed E-state index contributed by atoms with van der Waals surface area (Å²) in [7, 11) is 0. The molecule has 1 aromatic heterocycles. The van der Waals surface area contributed by atoms with Crippen LogP contribution >= 0.6 is 11.6 Å². The number of rotatable bonds is 4. The van der Waals surface area contributed by atoms with Crippen LogP contribution in [-0.2, 0) is 11.3 Å². The van der Waals surface area contributed by atoms with Crippen LogP contribution in [0.3, 0.4) is 0 Å². The van der Waals surface area contributed by atoms with E-state index in [1.807, 2.05) is 42.5 Å². The molecule has 27 heavy (non-hydrogen) atoms. The van der Waals surface area contributed by atoms with E-state index in [0.29, 0.717) is 5.02 Å². The standard InChI is InChI=1S/C23H22ClNO2/c1-23(2)14-25-13-18(15-8-10-17(24)11-9-15)21(16-6-4-3-5-7-16)22(25)19(23)12-20(26)27/h3-11,13,19H,12,14H2,1-2H3,(H,26,27). The number of aromatic nitrogens is 1. The number of nitrogens with zero attached hydrogens (tertiary/aromatic N) is 1. The lowest BCUT2D eigenvalue weighted by atomic mass is 9.76. The lowest BCUT2D eigenvalue weighted by Crippen LogP contribution is -2.21. The van der Waals surface area contributed by atoms with Crippen molar-refractivity contribution in [3.05, 3.63) is 71.5 Å². The smallest absolute Gasteiger partial charge is 0.304 e. The Kier molecular flexibility index (Phi) is 4.35. The van der Waals surface area contributed by atoms with Crippen LogP contribution in [0.15, 0.2) is 60.8 Å². The van der Waals surface area contributed by atoms with E-state index < -0.39 is 5.97 Å². The third-order valence-corrected chi connectivity index (χ3v) is 5.82. The van der Waals surface area contributed by atoms with Crippen LogP contribution in [-0.4, -0.2) is 15.6 Å². The Hall–Kier alpha value is -2.52. The van der Waals surface area contributed by atoms with Gasteiger partial charge in [0.2, 0.25) is 0 Å². The van der Waals surface area contributed by atoms with Crippen molar-refractivity contribution in [1.82, 2.24) is 4.57 Å². The lowest BCUT2D eigenvalue weighted by molar-refractivity contribution is -0.138. The molecule has 0 bridgehead atoms. The van der Waals surface area contributed by atoms with E-state index in [0.717, 1.165) is 34.5 Å². The molecule has 1 unspecified atom stereocenters. The number of hydrogen-bond donors (Lipinski definition) is 1. The van der Waals surface area contributed by atoms with Crippen LogP contribution in [0, 0.1) is 5.41 Å². The summed E-state index contributed by atoms with van der Waals surface area (Å²) in [5.74, 6) is -0.791. The molecule has 2 aromatic carbocycles. The van der Waals surface area contributed by atoms with Gasteiger partial charge in [-0.15, -0.1) is 0 Å². The molecule has 3 nitrogen and oxygen atoms in total. The van der Waals surface area contributed by atoms with Gasteiger partial charge in [0.15, 0.2) is 0 Å². The number of carbonyl (C=O) groups is 1. The number of benzene rings is 2. The molecule has 0 spiro atoms. The fourth-order valence-electron chi connectivity index (χ4n) is 4.30. The monoisotopic (exact) mass is 379 g/mol. The van der Waals surface area contributed by atoms with Crippen LogP contribution in [0.1, 0.15) is 31.9 Å². The topological polar surface area (TPSA) is 42.2 Å². The number of carboxylic acids is 1. The average molecular weight is 380 g/mol. The minimum Gasteiger partial charge on any atom is -0.481 e. The first-order valence-corrected chi connectivity index (χ1v) is 9.51. The zero-order valence-electron chi connectivity index (χ0n) is 15.4. The summed E-state index contributed by atoms with van der Waals surface area (Å²) in [4.78, 5) is 11.6. The van der Waals surface area contributed by atoms with Crippen molar-refractivity contribution < 1.29 is 9.90 Å². The molecule has 3 aromatic rings. The van der Waals surface area contributed by atoms with Crippen LogP contribution in [0.2, 0.25) is 5.02 Å². The molecule has 1 N–H and O–H groups in total. The summed E-state index contributed by atoms with van der Waals surface area (Å²) in [6.07, 6.45) is 2.31. The summed E-state index contributed by atoms with van der Waals surface area (Å²) >= 11 is 6.08. The fourth-order valence-corrected chi connectivity index (χ4v) is 4.43. The first-order chi connectivity index (χ1) is 12.9. The van der Waals surface area contributed by atoms with Gasteiger partial charge in [-0.1, -0.05) is 67.9 Å². The molecule has 0 saturated heterocycles. The second kappa shape index (κ2) is 6.58. The fraction of sp³-hybridized carbons (Fsp3) is 0.261. The first-order valence-electron chi connectivity index (χ1n) is 9.13. The summed E-state index contributed by atoms with van der Waals surface area (Å²) in [6.45, 7) is 5.13. The molecule has 1 aliphatic heterocycles. The molecule has 0 radical (unpaired) electrons. The maximum absolute atomic E-state index is 11.6. The Balaban J connectivity index is 1.96. The van der Waals surface area contributed by atoms with Gasteiger partial charge in [-0.2, -0.15) is 0 Å². The van der Waals surface area contributed by atoms with Crippen LogP contribution in [0.5, 0.6) is 0 Å². The van der Waals surface area contributed by atoms with Crippen LogP contribution < -0.4 is 0 Å². The van der Waals surface area contributed by atoms with Gasteiger partial charge in [-0.05, 0) is 28.7 Å². The Morgan fingerprint density at radius 2 is 1.78 bits per heavy atom. The van der Waals surface area contributed by atoms with E-state index in [1.54, 1.807) is 0 Å². The quantitative estimate of drug-likeness (QED) is 0.597. The maximum atomic E-state index is 11.6. The van der Waals surface area contributed by atoms with Crippen molar-refractivity contribution in [3.8, 4) is 22.3 Å². The minimum absolute atomic E-state index is 0.0359. The molecular weight excluding hydrogens is 358 g/mol. The van der Waals surface area contributed by atoms with E-state index in [2.05, 4.69) is 36.7 Å². The molecule has 2 heterocycles. The molecule has 0 amide bonds. The molecule has 1 aliphatic rings. The number of carboxylic acid groups (broad SMARTS) is 1. The van der Waals surface area contributed by atoms with Crippen molar-refractivity contribution >= 4 is 17.6 Å². The van der Waals surface area contributed by atoms with E-state index in [-0.39, 0.29) is 17.8 Å². The summed E-state index contributed by atoms with van der Waals surface area (Å²) in [5, 5.41) is 10.2. The third kappa shape index (κ3) is 3.17. The molecule has 4 heteroatoms. The normalized spacial score (nSPS) is 17.7. The Morgan fingerprint density at radius 1 is 1.11 bits per heavy atom. The number of halogens is 1. The summed E-state index contributed by atoms with van der Waals surface area (Å²) < 4.78 is 2.25. The molecule has 1 atom stereocenters. The highest BCUT2D eigenvalue weighted by molar-refractivity contribution is 6.30. The van der Waals surface area contributed by atoms with Gasteiger partial charge < -0.3 is 9.67 Å². The lowest BCUT2D eigenvalue weighted by Gasteiger charge is -2.26. The predicted molar refractivity (Wildman–Crippen MR) is 109 cm³/mol. The van der Waals surface area contributed by atoms with E-state index in [1.165, 1.54) is 0 Å². The minimum atomic E-state index is -0.755. The van der Waals surface area contributed by atoms with E-state index >= 15 is 0 Å². The highest BCUT2D eigenvalue weighted by Crippen LogP contribution is 2.52. The largest absolute Gasteiger partial charge is 0.481 e. The van der Waals surface area contributed by atoms with E-state index in [9.17, 15) is 9.90 Å². The highest BCUT2D eigenvalue weighted by atomic mass is 35.5. The third-order valence-electron chi connectivity index (χ3n) is 5.57. The first kappa shape index (κ1) is 17.9. The number of aliphatic carboxylic acids is 1. The highest BCUT2D eigenvalue weighted by Gasteiger charge is 2.43. The zero-order chi connectivity index (χ0) is 19.2. The van der Waals surface area contributed by atoms with Crippen molar-refractivity contribution in [1.29, 1.82) is 0 Å².